The summed E-state index contributed by atoms with van der Waals surface area (Å²) in [6, 6.07) is 0. The average molecular weight is 219 g/mol. The van der Waals surface area contributed by atoms with Crippen molar-refractivity contribution in [2.24, 2.45) is 11.5 Å². The van der Waals surface area contributed by atoms with Gasteiger partial charge in [0.05, 0.1) is 0 Å². The Morgan fingerprint density at radius 2 is 1.00 bits per heavy atom. The van der Waals surface area contributed by atoms with E-state index < -0.39 is 0 Å². The van der Waals surface area contributed by atoms with Crippen molar-refractivity contribution in [3.05, 3.63) is 0 Å². The number of hydrogen-bond acceptors (Lipinski definition) is 2. The van der Waals surface area contributed by atoms with Gasteiger partial charge in [-0.1, -0.05) is 13.8 Å². The second-order valence-corrected chi connectivity index (χ2v) is 1.64. The van der Waals surface area contributed by atoms with Gasteiger partial charge in [0.2, 0.25) is 11.8 Å². The predicted molar refractivity (Wildman–Crippen MR) is 53.5 cm³/mol. The van der Waals surface area contributed by atoms with Crippen LogP contribution in [-0.2, 0) is 9.59 Å². The van der Waals surface area contributed by atoms with E-state index in [0.717, 1.165) is 0 Å². The normalized spacial score (nSPS) is 6.17. The Labute approximate surface area is 84.9 Å². The Balaban J connectivity index is -0.0000000457. The first kappa shape index (κ1) is 22.5. The number of primary amides is 2. The van der Waals surface area contributed by atoms with Crippen LogP contribution in [0.4, 0.5) is 0 Å². The highest BCUT2D eigenvalue weighted by molar-refractivity contribution is 5.85. The minimum Gasteiger partial charge on any atom is -0.370 e. The smallest absolute Gasteiger partial charge is 0.217 e. The third kappa shape index (κ3) is 55.8. The maximum absolute atomic E-state index is 9.59. The summed E-state index contributed by atoms with van der Waals surface area (Å²) in [4.78, 5) is 19.2. The molecule has 4 N–H and O–H groups in total. The van der Waals surface area contributed by atoms with Crippen LogP contribution in [0.2, 0.25) is 0 Å². The zero-order valence-corrected chi connectivity index (χ0v) is 8.83. The van der Waals surface area contributed by atoms with E-state index in [1.54, 1.807) is 13.8 Å². The SMILES string of the molecule is CCC(N)=O.CCC(N)=O.Cl.Cl. The minimum absolute atomic E-state index is 0. The van der Waals surface area contributed by atoms with Crippen LogP contribution >= 0.6 is 24.8 Å². The molecule has 6 heteroatoms. The van der Waals surface area contributed by atoms with Gasteiger partial charge < -0.3 is 11.5 Å². The Morgan fingerprint density at radius 1 is 0.917 bits per heavy atom. The highest BCUT2D eigenvalue weighted by Gasteiger charge is 1.77. The zero-order valence-electron chi connectivity index (χ0n) is 7.20. The molecule has 0 bridgehead atoms. The van der Waals surface area contributed by atoms with Gasteiger partial charge in [-0.25, -0.2) is 0 Å². The number of hydrogen-bond donors (Lipinski definition) is 2. The summed E-state index contributed by atoms with van der Waals surface area (Å²) < 4.78 is 0. The second kappa shape index (κ2) is 16.9. The van der Waals surface area contributed by atoms with Gasteiger partial charge >= 0.3 is 0 Å². The van der Waals surface area contributed by atoms with Crippen molar-refractivity contribution in [1.82, 2.24) is 0 Å². The largest absolute Gasteiger partial charge is 0.370 e. The van der Waals surface area contributed by atoms with Crippen molar-refractivity contribution in [3.8, 4) is 0 Å². The number of carbonyl (C=O) groups is 2. The molecule has 0 aromatic carbocycles. The van der Waals surface area contributed by atoms with Crippen LogP contribution in [0, 0.1) is 0 Å². The van der Waals surface area contributed by atoms with E-state index in [4.69, 9.17) is 0 Å². The van der Waals surface area contributed by atoms with Crippen LogP contribution in [-0.4, -0.2) is 11.8 Å². The summed E-state index contributed by atoms with van der Waals surface area (Å²) in [7, 11) is 0. The van der Waals surface area contributed by atoms with E-state index in [0.29, 0.717) is 12.8 Å². The van der Waals surface area contributed by atoms with Crippen LogP contribution in [0.25, 0.3) is 0 Å². The summed E-state index contributed by atoms with van der Waals surface area (Å²) in [5.41, 5.74) is 9.31. The van der Waals surface area contributed by atoms with Gasteiger partial charge in [-0.15, -0.1) is 24.8 Å². The van der Waals surface area contributed by atoms with Gasteiger partial charge in [0.1, 0.15) is 0 Å². The molecule has 0 spiro atoms. The Bertz CT molecular complexity index is 106. The zero-order chi connectivity index (χ0) is 8.57. The molecule has 0 aliphatic rings. The van der Waals surface area contributed by atoms with Crippen molar-refractivity contribution < 1.29 is 9.59 Å². The van der Waals surface area contributed by atoms with Crippen molar-refractivity contribution in [3.63, 3.8) is 0 Å². The van der Waals surface area contributed by atoms with Gasteiger partial charge in [0.15, 0.2) is 0 Å². The summed E-state index contributed by atoms with van der Waals surface area (Å²) in [5.74, 6) is -0.491. The van der Waals surface area contributed by atoms with Crippen molar-refractivity contribution >= 4 is 36.6 Å². The highest BCUT2D eigenvalue weighted by Crippen LogP contribution is 1.63. The summed E-state index contributed by atoms with van der Waals surface area (Å²) in [6.07, 6.45) is 0.889. The predicted octanol–water partition coefficient (Wildman–Crippen LogP) is 0.607. The summed E-state index contributed by atoms with van der Waals surface area (Å²) >= 11 is 0. The summed E-state index contributed by atoms with van der Waals surface area (Å²) in [5, 5.41) is 0. The molecule has 76 valence electrons. The first-order valence-corrected chi connectivity index (χ1v) is 3.11. The van der Waals surface area contributed by atoms with E-state index >= 15 is 0 Å². The fraction of sp³-hybridized carbons (Fsp3) is 0.667. The molecule has 12 heavy (non-hydrogen) atoms. The van der Waals surface area contributed by atoms with Gasteiger partial charge in [-0.2, -0.15) is 0 Å². The van der Waals surface area contributed by atoms with Gasteiger partial charge in [0, 0.05) is 12.8 Å². The molecule has 0 saturated carbocycles. The molecule has 0 atom stereocenters. The van der Waals surface area contributed by atoms with E-state index in [1.807, 2.05) is 0 Å². The van der Waals surface area contributed by atoms with E-state index in [1.165, 1.54) is 0 Å². The van der Waals surface area contributed by atoms with Crippen LogP contribution in [0.15, 0.2) is 0 Å². The molecule has 4 nitrogen and oxygen atoms in total. The van der Waals surface area contributed by atoms with Gasteiger partial charge in [-0.3, -0.25) is 9.59 Å². The molecule has 0 radical (unpaired) electrons. The molecular formula is C6H16Cl2N2O2. The maximum atomic E-state index is 9.59. The number of rotatable bonds is 2. The van der Waals surface area contributed by atoms with Crippen molar-refractivity contribution in [1.29, 1.82) is 0 Å². The van der Waals surface area contributed by atoms with E-state index in [9.17, 15) is 9.59 Å². The fourth-order valence-electron chi connectivity index (χ4n) is 0. The molecule has 0 heterocycles. The van der Waals surface area contributed by atoms with E-state index in [2.05, 4.69) is 11.5 Å². The first-order chi connectivity index (χ1) is 4.54. The summed E-state index contributed by atoms with van der Waals surface area (Å²) in [6.45, 7) is 3.45. The molecule has 0 unspecified atom stereocenters. The van der Waals surface area contributed by atoms with Gasteiger partial charge in [0.25, 0.3) is 0 Å². The number of amides is 2. The number of carbonyl (C=O) groups excluding carboxylic acids is 2. The molecular weight excluding hydrogens is 203 g/mol. The lowest BCUT2D eigenvalue weighted by Crippen LogP contribution is -2.06. The first-order valence-electron chi connectivity index (χ1n) is 3.11. The van der Waals surface area contributed by atoms with Crippen molar-refractivity contribution in [2.45, 2.75) is 26.7 Å². The third-order valence-corrected chi connectivity index (χ3v) is 0.697. The topological polar surface area (TPSA) is 86.2 Å². The van der Waals surface area contributed by atoms with Crippen LogP contribution in [0.1, 0.15) is 26.7 Å². The molecule has 0 fully saturated rings. The maximum Gasteiger partial charge on any atom is 0.217 e. The molecule has 0 aromatic heterocycles. The quantitative estimate of drug-likeness (QED) is 0.712. The fourth-order valence-corrected chi connectivity index (χ4v) is 0. The second-order valence-electron chi connectivity index (χ2n) is 1.64. The van der Waals surface area contributed by atoms with Gasteiger partial charge in [-0.05, 0) is 0 Å². The standard InChI is InChI=1S/2C3H7NO.2ClH/c2*1-2-3(4)5;;/h2*2H2,1H3,(H2,4,5);2*1H. The van der Waals surface area contributed by atoms with Crippen LogP contribution < -0.4 is 11.5 Å². The molecule has 0 rings (SSSR count). The lowest BCUT2D eigenvalue weighted by Gasteiger charge is -1.73. The molecule has 0 aliphatic heterocycles. The molecule has 0 aromatic rings. The molecule has 2 amide bonds. The lowest BCUT2D eigenvalue weighted by molar-refractivity contribution is -0.118. The molecule has 0 aliphatic carbocycles. The molecule has 0 saturated heterocycles. The monoisotopic (exact) mass is 218 g/mol. The van der Waals surface area contributed by atoms with Crippen LogP contribution in [0.3, 0.4) is 0 Å². The van der Waals surface area contributed by atoms with Crippen molar-refractivity contribution in [2.75, 3.05) is 0 Å². The number of nitrogens with two attached hydrogens (primary N) is 2. The minimum atomic E-state index is -0.245. The van der Waals surface area contributed by atoms with E-state index in [-0.39, 0.29) is 36.6 Å². The Morgan fingerprint density at radius 3 is 1.00 bits per heavy atom. The lowest BCUT2D eigenvalue weighted by atomic mass is 10.5. The average Bonchev–Trinajstić information content (AvgIpc) is 1.89. The third-order valence-electron chi connectivity index (χ3n) is 0.697. The number of halogens is 2. The Kier molecular flexibility index (Phi) is 31.7. The Hall–Kier alpha value is -0.480. The van der Waals surface area contributed by atoms with Crippen LogP contribution in [0.5, 0.6) is 0 Å². The highest BCUT2D eigenvalue weighted by atomic mass is 35.5.